The summed E-state index contributed by atoms with van der Waals surface area (Å²) in [6, 6.07) is 11.0. The molecule has 2 heterocycles. The molecule has 0 aliphatic carbocycles. The largest absolute Gasteiger partial charge is 0.490 e. The molecule has 0 unspecified atom stereocenters. The van der Waals surface area contributed by atoms with E-state index in [4.69, 9.17) is 9.84 Å². The molecule has 3 rings (SSSR count). The SMILES string of the molecule is Cc1ccc(OC2CCN(C(=O)c3ccc(C(=O)O)s3)CC2)cc1. The van der Waals surface area contributed by atoms with Crippen molar-refractivity contribution in [3.8, 4) is 5.75 Å². The molecular weight excluding hydrogens is 326 g/mol. The van der Waals surface area contributed by atoms with Crippen LogP contribution >= 0.6 is 11.3 Å². The number of ether oxygens (including phenoxy) is 1. The van der Waals surface area contributed by atoms with Crippen LogP contribution in [0.2, 0.25) is 0 Å². The summed E-state index contributed by atoms with van der Waals surface area (Å²) in [6.07, 6.45) is 1.66. The predicted octanol–water partition coefficient (Wildman–Crippen LogP) is 3.44. The summed E-state index contributed by atoms with van der Waals surface area (Å²) in [5, 5.41) is 8.95. The molecular formula is C18H19NO4S. The van der Waals surface area contributed by atoms with E-state index in [1.165, 1.54) is 11.6 Å². The number of likely N-dealkylation sites (tertiary alicyclic amines) is 1. The van der Waals surface area contributed by atoms with Gasteiger partial charge in [0.15, 0.2) is 0 Å². The molecule has 0 radical (unpaired) electrons. The average Bonchev–Trinajstić information content (AvgIpc) is 3.07. The van der Waals surface area contributed by atoms with E-state index in [0.717, 1.165) is 29.9 Å². The van der Waals surface area contributed by atoms with Crippen molar-refractivity contribution in [2.75, 3.05) is 13.1 Å². The monoisotopic (exact) mass is 345 g/mol. The first-order valence-electron chi connectivity index (χ1n) is 7.88. The normalized spacial score (nSPS) is 15.3. The van der Waals surface area contributed by atoms with E-state index in [2.05, 4.69) is 0 Å². The van der Waals surface area contributed by atoms with Crippen molar-refractivity contribution in [3.05, 3.63) is 51.7 Å². The van der Waals surface area contributed by atoms with Crippen LogP contribution < -0.4 is 4.74 Å². The van der Waals surface area contributed by atoms with E-state index in [0.29, 0.717) is 18.0 Å². The van der Waals surface area contributed by atoms with Gasteiger partial charge in [-0.15, -0.1) is 11.3 Å². The maximum absolute atomic E-state index is 12.4. The van der Waals surface area contributed by atoms with Gasteiger partial charge >= 0.3 is 5.97 Å². The van der Waals surface area contributed by atoms with Crippen molar-refractivity contribution >= 4 is 23.2 Å². The first kappa shape index (κ1) is 16.5. The fraction of sp³-hybridized carbons (Fsp3) is 0.333. The molecule has 1 aromatic heterocycles. The van der Waals surface area contributed by atoms with Gasteiger partial charge in [0, 0.05) is 25.9 Å². The van der Waals surface area contributed by atoms with Crippen LogP contribution in [-0.4, -0.2) is 41.1 Å². The number of hydrogen-bond acceptors (Lipinski definition) is 4. The van der Waals surface area contributed by atoms with Gasteiger partial charge in [0.05, 0.1) is 4.88 Å². The van der Waals surface area contributed by atoms with Crippen molar-refractivity contribution in [1.29, 1.82) is 0 Å². The van der Waals surface area contributed by atoms with E-state index < -0.39 is 5.97 Å². The number of rotatable bonds is 4. The van der Waals surface area contributed by atoms with Crippen LogP contribution in [0.25, 0.3) is 0 Å². The molecule has 1 aliphatic heterocycles. The molecule has 1 saturated heterocycles. The van der Waals surface area contributed by atoms with Crippen LogP contribution in [0.5, 0.6) is 5.75 Å². The van der Waals surface area contributed by atoms with Gasteiger partial charge in [-0.2, -0.15) is 0 Å². The molecule has 6 heteroatoms. The van der Waals surface area contributed by atoms with Crippen molar-refractivity contribution in [2.45, 2.75) is 25.9 Å². The molecule has 2 aromatic rings. The number of aromatic carboxylic acids is 1. The highest BCUT2D eigenvalue weighted by molar-refractivity contribution is 7.15. The van der Waals surface area contributed by atoms with Gasteiger partial charge in [-0.05, 0) is 31.2 Å². The number of carbonyl (C=O) groups excluding carboxylic acids is 1. The second-order valence-corrected chi connectivity index (χ2v) is 6.98. The summed E-state index contributed by atoms with van der Waals surface area (Å²) in [6.45, 7) is 3.28. The van der Waals surface area contributed by atoms with E-state index in [9.17, 15) is 9.59 Å². The zero-order chi connectivity index (χ0) is 17.1. The minimum absolute atomic E-state index is 0.0960. The quantitative estimate of drug-likeness (QED) is 0.922. The lowest BCUT2D eigenvalue weighted by Gasteiger charge is -2.32. The van der Waals surface area contributed by atoms with E-state index in [-0.39, 0.29) is 16.9 Å². The highest BCUT2D eigenvalue weighted by atomic mass is 32.1. The van der Waals surface area contributed by atoms with Gasteiger partial charge in [0.1, 0.15) is 16.7 Å². The summed E-state index contributed by atoms with van der Waals surface area (Å²) in [7, 11) is 0. The van der Waals surface area contributed by atoms with Crippen molar-refractivity contribution in [2.24, 2.45) is 0 Å². The van der Waals surface area contributed by atoms with Crippen molar-refractivity contribution in [3.63, 3.8) is 0 Å². The number of carbonyl (C=O) groups is 2. The maximum Gasteiger partial charge on any atom is 0.345 e. The van der Waals surface area contributed by atoms with Crippen molar-refractivity contribution in [1.82, 2.24) is 4.90 Å². The third-order valence-electron chi connectivity index (χ3n) is 4.08. The highest BCUT2D eigenvalue weighted by Crippen LogP contribution is 2.23. The Morgan fingerprint density at radius 2 is 1.71 bits per heavy atom. The number of piperidine rings is 1. The van der Waals surface area contributed by atoms with E-state index >= 15 is 0 Å². The summed E-state index contributed by atoms with van der Waals surface area (Å²) in [5.41, 5.74) is 1.19. The van der Waals surface area contributed by atoms with Gasteiger partial charge in [0.2, 0.25) is 0 Å². The van der Waals surface area contributed by atoms with Crippen LogP contribution in [0.3, 0.4) is 0 Å². The molecule has 5 nitrogen and oxygen atoms in total. The lowest BCUT2D eigenvalue weighted by atomic mass is 10.1. The molecule has 24 heavy (non-hydrogen) atoms. The Balaban J connectivity index is 1.55. The number of carboxylic acid groups (broad SMARTS) is 1. The Kier molecular flexibility index (Phi) is 4.85. The Labute approximate surface area is 144 Å². The fourth-order valence-electron chi connectivity index (χ4n) is 2.71. The number of thiophene rings is 1. The van der Waals surface area contributed by atoms with Crippen LogP contribution in [0.4, 0.5) is 0 Å². The summed E-state index contributed by atoms with van der Waals surface area (Å²) >= 11 is 1.03. The van der Waals surface area contributed by atoms with Crippen molar-refractivity contribution < 1.29 is 19.4 Å². The lowest BCUT2D eigenvalue weighted by molar-refractivity contribution is 0.0599. The van der Waals surface area contributed by atoms with Crippen LogP contribution in [0, 0.1) is 6.92 Å². The number of nitrogens with zero attached hydrogens (tertiary/aromatic N) is 1. The standard InChI is InChI=1S/C18H19NO4S/c1-12-2-4-13(5-3-12)23-14-8-10-19(11-9-14)17(20)15-6-7-16(24-15)18(21)22/h2-7,14H,8-11H2,1H3,(H,21,22). The molecule has 126 valence electrons. The summed E-state index contributed by atoms with van der Waals surface area (Å²) < 4.78 is 5.97. The van der Waals surface area contributed by atoms with Gasteiger partial charge in [-0.3, -0.25) is 4.79 Å². The van der Waals surface area contributed by atoms with Gasteiger partial charge in [-0.25, -0.2) is 4.79 Å². The van der Waals surface area contributed by atoms with Crippen LogP contribution in [0.15, 0.2) is 36.4 Å². The minimum Gasteiger partial charge on any atom is -0.490 e. The molecule has 1 N–H and O–H groups in total. The Morgan fingerprint density at radius 3 is 2.29 bits per heavy atom. The maximum atomic E-state index is 12.4. The highest BCUT2D eigenvalue weighted by Gasteiger charge is 2.26. The molecule has 1 aliphatic rings. The topological polar surface area (TPSA) is 66.8 Å². The molecule has 0 bridgehead atoms. The third-order valence-corrected chi connectivity index (χ3v) is 5.14. The number of benzene rings is 1. The predicted molar refractivity (Wildman–Crippen MR) is 92.0 cm³/mol. The summed E-state index contributed by atoms with van der Waals surface area (Å²) in [5.74, 6) is -0.236. The number of amides is 1. The first-order chi connectivity index (χ1) is 11.5. The summed E-state index contributed by atoms with van der Waals surface area (Å²) in [4.78, 5) is 25.8. The first-order valence-corrected chi connectivity index (χ1v) is 8.70. The molecule has 1 amide bonds. The fourth-order valence-corrected chi connectivity index (χ4v) is 3.52. The second-order valence-electron chi connectivity index (χ2n) is 5.89. The zero-order valence-electron chi connectivity index (χ0n) is 13.4. The smallest absolute Gasteiger partial charge is 0.345 e. The van der Waals surface area contributed by atoms with Crippen LogP contribution in [-0.2, 0) is 0 Å². The minimum atomic E-state index is -0.996. The molecule has 1 fully saturated rings. The molecule has 0 saturated carbocycles. The van der Waals surface area contributed by atoms with Gasteiger partial charge in [-0.1, -0.05) is 17.7 Å². The zero-order valence-corrected chi connectivity index (χ0v) is 14.2. The van der Waals surface area contributed by atoms with Gasteiger partial charge in [0.25, 0.3) is 5.91 Å². The van der Waals surface area contributed by atoms with E-state index in [1.54, 1.807) is 11.0 Å². The molecule has 0 atom stereocenters. The Bertz CT molecular complexity index is 730. The molecule has 1 aromatic carbocycles. The number of aryl methyl sites for hydroxylation is 1. The van der Waals surface area contributed by atoms with E-state index in [1.807, 2.05) is 31.2 Å². The molecule has 0 spiro atoms. The Hall–Kier alpha value is -2.34. The number of carboxylic acids is 1. The second kappa shape index (κ2) is 7.05. The average molecular weight is 345 g/mol. The Morgan fingerprint density at radius 1 is 1.08 bits per heavy atom. The lowest BCUT2D eigenvalue weighted by Crippen LogP contribution is -2.41. The third kappa shape index (κ3) is 3.76. The number of hydrogen-bond donors (Lipinski definition) is 1. The van der Waals surface area contributed by atoms with Crippen LogP contribution in [0.1, 0.15) is 37.7 Å². The van der Waals surface area contributed by atoms with Gasteiger partial charge < -0.3 is 14.7 Å².